The summed E-state index contributed by atoms with van der Waals surface area (Å²) in [7, 11) is 0. The van der Waals surface area contributed by atoms with Crippen molar-refractivity contribution in [3.8, 4) is 6.07 Å². The van der Waals surface area contributed by atoms with Gasteiger partial charge in [-0.05, 0) is 19.8 Å². The zero-order chi connectivity index (χ0) is 13.9. The van der Waals surface area contributed by atoms with E-state index in [2.05, 4.69) is 6.07 Å². The van der Waals surface area contributed by atoms with Crippen LogP contribution in [0.1, 0.15) is 19.8 Å². The predicted molar refractivity (Wildman–Crippen MR) is 66.1 cm³/mol. The van der Waals surface area contributed by atoms with E-state index in [-0.39, 0.29) is 24.7 Å². The van der Waals surface area contributed by atoms with Crippen LogP contribution in [0.5, 0.6) is 0 Å². The van der Waals surface area contributed by atoms with Gasteiger partial charge in [-0.15, -0.1) is 0 Å². The summed E-state index contributed by atoms with van der Waals surface area (Å²) in [4.78, 5) is 14.4. The SMILES string of the molecule is CC1COC(CO)CN1C(=O)C1(C#N)CCOCC1. The van der Waals surface area contributed by atoms with E-state index in [1.165, 1.54) is 0 Å². The smallest absolute Gasteiger partial charge is 0.243 e. The predicted octanol–water partition coefficient (Wildman–Crippen LogP) is -0.0850. The van der Waals surface area contributed by atoms with Gasteiger partial charge in [-0.25, -0.2) is 0 Å². The van der Waals surface area contributed by atoms with Crippen molar-refractivity contribution in [1.29, 1.82) is 5.26 Å². The zero-order valence-corrected chi connectivity index (χ0v) is 11.2. The third kappa shape index (κ3) is 2.73. The van der Waals surface area contributed by atoms with Crippen LogP contribution in [0.25, 0.3) is 0 Å². The summed E-state index contributed by atoms with van der Waals surface area (Å²) in [6.45, 7) is 3.42. The van der Waals surface area contributed by atoms with E-state index in [9.17, 15) is 10.1 Å². The maximum Gasteiger partial charge on any atom is 0.243 e. The van der Waals surface area contributed by atoms with Crippen molar-refractivity contribution < 1.29 is 19.4 Å². The summed E-state index contributed by atoms with van der Waals surface area (Å²) in [5, 5.41) is 18.6. The van der Waals surface area contributed by atoms with Gasteiger partial charge in [-0.1, -0.05) is 0 Å². The highest BCUT2D eigenvalue weighted by atomic mass is 16.5. The van der Waals surface area contributed by atoms with Crippen molar-refractivity contribution in [2.24, 2.45) is 5.41 Å². The van der Waals surface area contributed by atoms with E-state index >= 15 is 0 Å². The largest absolute Gasteiger partial charge is 0.394 e. The molecule has 0 spiro atoms. The third-order valence-corrected chi connectivity index (χ3v) is 3.94. The Morgan fingerprint density at radius 2 is 2.21 bits per heavy atom. The van der Waals surface area contributed by atoms with Gasteiger partial charge in [0.1, 0.15) is 5.41 Å². The number of ether oxygens (including phenoxy) is 2. The van der Waals surface area contributed by atoms with E-state index in [1.54, 1.807) is 4.90 Å². The molecule has 6 nitrogen and oxygen atoms in total. The molecule has 2 unspecified atom stereocenters. The number of morpholine rings is 1. The molecule has 0 saturated carbocycles. The highest BCUT2D eigenvalue weighted by Crippen LogP contribution is 2.33. The number of hydrogen-bond acceptors (Lipinski definition) is 5. The van der Waals surface area contributed by atoms with E-state index in [1.807, 2.05) is 6.92 Å². The van der Waals surface area contributed by atoms with Crippen LogP contribution in [-0.2, 0) is 14.3 Å². The zero-order valence-electron chi connectivity index (χ0n) is 11.2. The third-order valence-electron chi connectivity index (χ3n) is 3.94. The summed E-state index contributed by atoms with van der Waals surface area (Å²) in [6, 6.07) is 2.13. The van der Waals surface area contributed by atoms with Gasteiger partial charge in [0.25, 0.3) is 0 Å². The minimum atomic E-state index is -0.968. The topological polar surface area (TPSA) is 82.8 Å². The lowest BCUT2D eigenvalue weighted by Crippen LogP contribution is -2.57. The van der Waals surface area contributed by atoms with Crippen LogP contribution in [0.3, 0.4) is 0 Å². The Labute approximate surface area is 112 Å². The molecule has 2 rings (SSSR count). The summed E-state index contributed by atoms with van der Waals surface area (Å²) in [5.41, 5.74) is -0.968. The molecule has 2 atom stereocenters. The number of aliphatic hydroxyl groups excluding tert-OH is 1. The number of aliphatic hydroxyl groups is 1. The van der Waals surface area contributed by atoms with Crippen molar-refractivity contribution in [3.05, 3.63) is 0 Å². The van der Waals surface area contributed by atoms with Gasteiger partial charge in [-0.2, -0.15) is 5.26 Å². The van der Waals surface area contributed by atoms with Crippen LogP contribution in [0.15, 0.2) is 0 Å². The molecular formula is C13H20N2O4. The van der Waals surface area contributed by atoms with Crippen LogP contribution in [0.2, 0.25) is 0 Å². The molecule has 106 valence electrons. The Kier molecular flexibility index (Phi) is 4.40. The van der Waals surface area contributed by atoms with Crippen molar-refractivity contribution >= 4 is 5.91 Å². The van der Waals surface area contributed by atoms with Crippen molar-refractivity contribution in [2.75, 3.05) is 33.0 Å². The average molecular weight is 268 g/mol. The van der Waals surface area contributed by atoms with Gasteiger partial charge in [0, 0.05) is 19.8 Å². The molecule has 0 aliphatic carbocycles. The van der Waals surface area contributed by atoms with Crippen molar-refractivity contribution in [2.45, 2.75) is 31.9 Å². The van der Waals surface area contributed by atoms with Crippen LogP contribution < -0.4 is 0 Å². The van der Waals surface area contributed by atoms with Gasteiger partial charge in [0.15, 0.2) is 0 Å². The van der Waals surface area contributed by atoms with Crippen LogP contribution >= 0.6 is 0 Å². The lowest BCUT2D eigenvalue weighted by Gasteiger charge is -2.42. The van der Waals surface area contributed by atoms with Crippen molar-refractivity contribution in [3.63, 3.8) is 0 Å². The molecule has 19 heavy (non-hydrogen) atoms. The monoisotopic (exact) mass is 268 g/mol. The molecule has 2 fully saturated rings. The molecule has 0 aromatic heterocycles. The molecule has 1 N–H and O–H groups in total. The maximum absolute atomic E-state index is 12.7. The van der Waals surface area contributed by atoms with Gasteiger partial charge < -0.3 is 19.5 Å². The number of hydrogen-bond donors (Lipinski definition) is 1. The second-order valence-corrected chi connectivity index (χ2v) is 5.25. The fourth-order valence-corrected chi connectivity index (χ4v) is 2.58. The highest BCUT2D eigenvalue weighted by molar-refractivity contribution is 5.86. The average Bonchev–Trinajstić information content (AvgIpc) is 2.47. The molecule has 0 aromatic rings. The second-order valence-electron chi connectivity index (χ2n) is 5.25. The first-order valence-electron chi connectivity index (χ1n) is 6.65. The second kappa shape index (κ2) is 5.87. The normalized spacial score (nSPS) is 30.7. The Morgan fingerprint density at radius 1 is 1.53 bits per heavy atom. The lowest BCUT2D eigenvalue weighted by molar-refractivity contribution is -0.157. The number of carbonyl (C=O) groups excluding carboxylic acids is 1. The summed E-state index contributed by atoms with van der Waals surface area (Å²) in [6.07, 6.45) is 0.530. The maximum atomic E-state index is 12.7. The molecule has 0 radical (unpaired) electrons. The number of amides is 1. The highest BCUT2D eigenvalue weighted by Gasteiger charge is 2.45. The van der Waals surface area contributed by atoms with Crippen LogP contribution in [0.4, 0.5) is 0 Å². The first-order valence-corrected chi connectivity index (χ1v) is 6.65. The first-order chi connectivity index (χ1) is 9.13. The molecule has 0 bridgehead atoms. The van der Waals surface area contributed by atoms with Gasteiger partial charge in [-0.3, -0.25) is 4.79 Å². The molecule has 0 aromatic carbocycles. The van der Waals surface area contributed by atoms with E-state index in [0.29, 0.717) is 39.2 Å². The minimum absolute atomic E-state index is 0.0663. The number of nitrogens with zero attached hydrogens (tertiary/aromatic N) is 2. The van der Waals surface area contributed by atoms with Crippen molar-refractivity contribution in [1.82, 2.24) is 4.90 Å². The number of carbonyl (C=O) groups is 1. The standard InChI is InChI=1S/C13H20N2O4/c1-10-8-19-11(7-16)6-15(10)12(17)13(9-14)2-4-18-5-3-13/h10-11,16H,2-8H2,1H3. The lowest BCUT2D eigenvalue weighted by atomic mass is 9.80. The van der Waals surface area contributed by atoms with E-state index in [0.717, 1.165) is 0 Å². The fraction of sp³-hybridized carbons (Fsp3) is 0.846. The van der Waals surface area contributed by atoms with Gasteiger partial charge >= 0.3 is 0 Å². The van der Waals surface area contributed by atoms with Crippen LogP contribution in [-0.4, -0.2) is 61.0 Å². The Hall–Kier alpha value is -1.16. The van der Waals surface area contributed by atoms with Gasteiger partial charge in [0.2, 0.25) is 5.91 Å². The molecule has 6 heteroatoms. The van der Waals surface area contributed by atoms with Crippen LogP contribution in [0, 0.1) is 16.7 Å². The quantitative estimate of drug-likeness (QED) is 0.757. The number of rotatable bonds is 2. The Balaban J connectivity index is 2.14. The van der Waals surface area contributed by atoms with Gasteiger partial charge in [0.05, 0.1) is 31.4 Å². The molecule has 2 heterocycles. The summed E-state index contributed by atoms with van der Waals surface area (Å²) in [5.74, 6) is -0.146. The molecule has 2 aliphatic heterocycles. The van der Waals surface area contributed by atoms with E-state index in [4.69, 9.17) is 14.6 Å². The first kappa shape index (κ1) is 14.3. The minimum Gasteiger partial charge on any atom is -0.394 e. The summed E-state index contributed by atoms with van der Waals surface area (Å²) < 4.78 is 10.7. The molecule has 2 aliphatic rings. The summed E-state index contributed by atoms with van der Waals surface area (Å²) >= 11 is 0. The number of nitriles is 1. The molecule has 2 saturated heterocycles. The molecule has 1 amide bonds. The molecular weight excluding hydrogens is 248 g/mol. The fourth-order valence-electron chi connectivity index (χ4n) is 2.58. The Bertz CT molecular complexity index is 373. The Morgan fingerprint density at radius 3 is 2.79 bits per heavy atom. The van der Waals surface area contributed by atoms with E-state index < -0.39 is 5.41 Å².